The third-order valence-corrected chi connectivity index (χ3v) is 11.1. The van der Waals surface area contributed by atoms with E-state index in [9.17, 15) is 0 Å². The zero-order valence-corrected chi connectivity index (χ0v) is 31.0. The van der Waals surface area contributed by atoms with E-state index in [4.69, 9.17) is 8.83 Å². The minimum atomic E-state index is 0.872. The number of anilines is 3. The van der Waals surface area contributed by atoms with Gasteiger partial charge in [0.25, 0.3) is 0 Å². The van der Waals surface area contributed by atoms with Gasteiger partial charge in [0.1, 0.15) is 22.3 Å². The molecule has 268 valence electrons. The molecule has 0 fully saturated rings. The topological polar surface area (TPSA) is 29.5 Å². The molecule has 0 N–H and O–H groups in total. The van der Waals surface area contributed by atoms with Gasteiger partial charge in [0.2, 0.25) is 0 Å². The smallest absolute Gasteiger partial charge is 0.143 e. The lowest BCUT2D eigenvalue weighted by atomic mass is 9.94. The Kier molecular flexibility index (Phi) is 7.82. The van der Waals surface area contributed by atoms with Crippen LogP contribution in [0.2, 0.25) is 0 Å². The zero-order valence-electron chi connectivity index (χ0n) is 31.0. The van der Waals surface area contributed by atoms with Crippen LogP contribution in [0.4, 0.5) is 17.1 Å². The van der Waals surface area contributed by atoms with Gasteiger partial charge < -0.3 is 13.7 Å². The maximum absolute atomic E-state index is 6.73. The van der Waals surface area contributed by atoms with E-state index in [2.05, 4.69) is 199 Å². The molecule has 11 rings (SSSR count). The summed E-state index contributed by atoms with van der Waals surface area (Å²) < 4.78 is 12.9. The molecule has 3 heteroatoms. The number of fused-ring (bicyclic) bond motifs is 6. The van der Waals surface area contributed by atoms with Crippen LogP contribution in [0, 0.1) is 0 Å². The van der Waals surface area contributed by atoms with Crippen LogP contribution in [0.15, 0.2) is 221 Å². The van der Waals surface area contributed by atoms with Crippen molar-refractivity contribution in [3.05, 3.63) is 212 Å². The average Bonchev–Trinajstić information content (AvgIpc) is 3.86. The third-order valence-electron chi connectivity index (χ3n) is 11.1. The van der Waals surface area contributed by atoms with Crippen molar-refractivity contribution in [3.63, 3.8) is 0 Å². The maximum atomic E-state index is 6.73. The van der Waals surface area contributed by atoms with E-state index < -0.39 is 0 Å². The largest absolute Gasteiger partial charge is 0.456 e. The summed E-state index contributed by atoms with van der Waals surface area (Å²) in [6.07, 6.45) is 0. The van der Waals surface area contributed by atoms with Gasteiger partial charge in [-0.25, -0.2) is 0 Å². The molecule has 0 atom stereocenters. The van der Waals surface area contributed by atoms with Crippen molar-refractivity contribution in [1.82, 2.24) is 0 Å². The Morgan fingerprint density at radius 2 is 0.719 bits per heavy atom. The van der Waals surface area contributed by atoms with Crippen molar-refractivity contribution in [2.45, 2.75) is 0 Å². The van der Waals surface area contributed by atoms with Gasteiger partial charge in [0.15, 0.2) is 0 Å². The third kappa shape index (κ3) is 5.76. The van der Waals surface area contributed by atoms with E-state index in [0.717, 1.165) is 83.2 Å². The number of hydrogen-bond acceptors (Lipinski definition) is 3. The van der Waals surface area contributed by atoms with Crippen LogP contribution in [0.25, 0.3) is 88.4 Å². The second kappa shape index (κ2) is 13.6. The predicted octanol–water partition coefficient (Wildman–Crippen LogP) is 15.6. The second-order valence-corrected chi connectivity index (χ2v) is 14.5. The lowest BCUT2D eigenvalue weighted by Crippen LogP contribution is -2.09. The van der Waals surface area contributed by atoms with Crippen LogP contribution in [0.5, 0.6) is 0 Å². The first kappa shape index (κ1) is 32.8. The van der Waals surface area contributed by atoms with Crippen LogP contribution in [-0.4, -0.2) is 0 Å². The standard InChI is InChI=1S/C54H35NO2/c1-3-11-36(12-4-1)38-19-26-42(27-20-38)55(43-28-21-39(22-29-43)37-13-5-2-6-14-37)44-30-23-40(24-31-44)46-33-32-45(53-48-16-8-10-18-51(48)57-54(46)53)41-25-34-52-49(35-41)47-15-7-9-17-50(47)56-52/h1-35H. The molecule has 11 aromatic rings. The van der Waals surface area contributed by atoms with Crippen molar-refractivity contribution < 1.29 is 8.83 Å². The highest BCUT2D eigenvalue weighted by Gasteiger charge is 2.19. The first-order chi connectivity index (χ1) is 28.2. The number of para-hydroxylation sites is 2. The van der Waals surface area contributed by atoms with Crippen molar-refractivity contribution in [2.75, 3.05) is 4.90 Å². The number of rotatable bonds is 7. The van der Waals surface area contributed by atoms with E-state index in [1.807, 2.05) is 18.2 Å². The van der Waals surface area contributed by atoms with Crippen molar-refractivity contribution >= 4 is 60.9 Å². The predicted molar refractivity (Wildman–Crippen MR) is 237 cm³/mol. The summed E-state index contributed by atoms with van der Waals surface area (Å²) in [6.45, 7) is 0. The Balaban J connectivity index is 1.01. The van der Waals surface area contributed by atoms with Crippen LogP contribution in [0.1, 0.15) is 0 Å². The fourth-order valence-electron chi connectivity index (χ4n) is 8.29. The zero-order chi connectivity index (χ0) is 37.7. The summed E-state index contributed by atoms with van der Waals surface area (Å²) in [5.41, 5.74) is 15.9. The summed E-state index contributed by atoms with van der Waals surface area (Å²) in [5, 5.41) is 4.44. The minimum absolute atomic E-state index is 0.872. The molecule has 0 aliphatic carbocycles. The maximum Gasteiger partial charge on any atom is 0.143 e. The molecule has 0 radical (unpaired) electrons. The van der Waals surface area contributed by atoms with Gasteiger partial charge in [-0.05, 0) is 106 Å². The lowest BCUT2D eigenvalue weighted by Gasteiger charge is -2.26. The minimum Gasteiger partial charge on any atom is -0.456 e. The van der Waals surface area contributed by atoms with Gasteiger partial charge in [-0.2, -0.15) is 0 Å². The molecule has 0 aliphatic rings. The highest BCUT2D eigenvalue weighted by atomic mass is 16.3. The van der Waals surface area contributed by atoms with Crippen LogP contribution in [0.3, 0.4) is 0 Å². The molecule has 0 saturated heterocycles. The fourth-order valence-corrected chi connectivity index (χ4v) is 8.29. The second-order valence-electron chi connectivity index (χ2n) is 14.5. The van der Waals surface area contributed by atoms with E-state index in [-0.39, 0.29) is 0 Å². The Bertz CT molecular complexity index is 3110. The molecule has 0 saturated carbocycles. The van der Waals surface area contributed by atoms with Gasteiger partial charge >= 0.3 is 0 Å². The van der Waals surface area contributed by atoms with Crippen molar-refractivity contribution in [3.8, 4) is 44.5 Å². The molecule has 2 heterocycles. The van der Waals surface area contributed by atoms with E-state index in [1.165, 1.54) is 22.3 Å². The Labute approximate surface area is 330 Å². The van der Waals surface area contributed by atoms with Gasteiger partial charge in [0.05, 0.1) is 0 Å². The van der Waals surface area contributed by atoms with Gasteiger partial charge in [-0.1, -0.05) is 146 Å². The SMILES string of the molecule is c1ccc(-c2ccc(N(c3ccc(-c4ccccc4)cc3)c3ccc(-c4ccc(-c5ccc6oc7ccccc7c6c5)c5c4oc4ccccc45)cc3)cc2)cc1. The van der Waals surface area contributed by atoms with E-state index in [0.29, 0.717) is 0 Å². The molecule has 0 spiro atoms. The molecular weight excluding hydrogens is 695 g/mol. The summed E-state index contributed by atoms with van der Waals surface area (Å²) in [5.74, 6) is 0. The summed E-state index contributed by atoms with van der Waals surface area (Å²) >= 11 is 0. The molecule has 3 nitrogen and oxygen atoms in total. The Morgan fingerprint density at radius 1 is 0.281 bits per heavy atom. The summed E-state index contributed by atoms with van der Waals surface area (Å²) in [6, 6.07) is 75.1. The molecule has 57 heavy (non-hydrogen) atoms. The highest BCUT2D eigenvalue weighted by molar-refractivity contribution is 6.17. The normalized spacial score (nSPS) is 11.5. The Morgan fingerprint density at radius 3 is 1.32 bits per heavy atom. The van der Waals surface area contributed by atoms with E-state index >= 15 is 0 Å². The molecule has 0 bridgehead atoms. The number of furan rings is 2. The molecule has 2 aromatic heterocycles. The van der Waals surface area contributed by atoms with Crippen LogP contribution >= 0.6 is 0 Å². The van der Waals surface area contributed by atoms with Crippen LogP contribution < -0.4 is 4.90 Å². The van der Waals surface area contributed by atoms with Gasteiger partial charge in [-0.3, -0.25) is 0 Å². The summed E-state index contributed by atoms with van der Waals surface area (Å²) in [7, 11) is 0. The van der Waals surface area contributed by atoms with E-state index in [1.54, 1.807) is 0 Å². The molecule has 0 amide bonds. The Hall–Kier alpha value is -7.62. The lowest BCUT2D eigenvalue weighted by molar-refractivity contribution is 0.669. The number of hydrogen-bond donors (Lipinski definition) is 0. The van der Waals surface area contributed by atoms with Crippen molar-refractivity contribution in [1.29, 1.82) is 0 Å². The monoisotopic (exact) mass is 729 g/mol. The quantitative estimate of drug-likeness (QED) is 0.164. The van der Waals surface area contributed by atoms with Crippen molar-refractivity contribution in [2.24, 2.45) is 0 Å². The average molecular weight is 730 g/mol. The first-order valence-electron chi connectivity index (χ1n) is 19.3. The first-order valence-corrected chi connectivity index (χ1v) is 19.3. The number of benzene rings is 9. The number of nitrogens with zero attached hydrogens (tertiary/aromatic N) is 1. The molecule has 0 aliphatic heterocycles. The van der Waals surface area contributed by atoms with Crippen LogP contribution in [-0.2, 0) is 0 Å². The summed E-state index contributed by atoms with van der Waals surface area (Å²) in [4.78, 5) is 2.32. The molecular formula is C54H35NO2. The highest BCUT2D eigenvalue weighted by Crippen LogP contribution is 2.44. The molecule has 0 unspecified atom stereocenters. The van der Waals surface area contributed by atoms with Gasteiger partial charge in [-0.15, -0.1) is 0 Å². The fraction of sp³-hybridized carbons (Fsp3) is 0. The molecule has 9 aromatic carbocycles. The van der Waals surface area contributed by atoms with Gasteiger partial charge in [0, 0.05) is 44.2 Å².